The number of carbonyl (C=O) groups excluding carboxylic acids is 2. The van der Waals surface area contributed by atoms with Crippen LogP contribution in [-0.2, 0) is 9.59 Å². The summed E-state index contributed by atoms with van der Waals surface area (Å²) in [5.74, 6) is -0.772. The van der Waals surface area contributed by atoms with E-state index in [1.165, 1.54) is 18.2 Å². The highest BCUT2D eigenvalue weighted by Gasteiger charge is 2.43. The fraction of sp³-hybridized carbons (Fsp3) is 0.333. The quantitative estimate of drug-likeness (QED) is 0.721. The molecule has 0 aliphatic carbocycles. The van der Waals surface area contributed by atoms with Crippen molar-refractivity contribution in [2.75, 3.05) is 31.2 Å². The summed E-state index contributed by atoms with van der Waals surface area (Å²) in [6.07, 6.45) is 1.68. The van der Waals surface area contributed by atoms with E-state index in [-0.39, 0.29) is 23.8 Å². The van der Waals surface area contributed by atoms with Crippen LogP contribution < -0.4 is 9.64 Å². The summed E-state index contributed by atoms with van der Waals surface area (Å²) in [5.41, 5.74) is 1.39. The smallest absolute Gasteiger partial charge is 0.282 e. The van der Waals surface area contributed by atoms with E-state index in [4.69, 9.17) is 4.74 Å². The molecule has 1 saturated heterocycles. The number of hydrogen-bond acceptors (Lipinski definition) is 5. The second-order valence-electron chi connectivity index (χ2n) is 7.74. The fourth-order valence-corrected chi connectivity index (χ4v) is 4.22. The first-order chi connectivity index (χ1) is 15.0. The lowest BCUT2D eigenvalue weighted by molar-refractivity contribution is -0.120. The van der Waals surface area contributed by atoms with Gasteiger partial charge in [-0.3, -0.25) is 9.59 Å². The summed E-state index contributed by atoms with van der Waals surface area (Å²) < 4.78 is 19.3. The molecule has 2 aromatic rings. The van der Waals surface area contributed by atoms with Gasteiger partial charge in [0.15, 0.2) is 0 Å². The largest absolute Gasteiger partial charge is 0.494 e. The molecule has 2 aromatic carbocycles. The van der Waals surface area contributed by atoms with Crippen molar-refractivity contribution in [3.8, 4) is 5.75 Å². The number of amides is 2. The van der Waals surface area contributed by atoms with Crippen molar-refractivity contribution in [2.24, 2.45) is 5.92 Å². The number of aliphatic hydroxyl groups excluding tert-OH is 1. The minimum atomic E-state index is -0.521. The average molecular weight is 424 g/mol. The molecule has 162 valence electrons. The molecule has 6 nitrogen and oxygen atoms in total. The number of piperidine rings is 1. The van der Waals surface area contributed by atoms with Gasteiger partial charge in [-0.25, -0.2) is 9.29 Å². The standard InChI is InChI=1S/C24H25FN2O4/c1-2-31-20-10-8-17(9-11-20)21-22(26-12-4-5-16(14-26)15-28)24(30)27(23(21)29)19-7-3-6-18(25)13-19/h3,6-11,13,16,28H,2,4-5,12,14-15H2,1H3. The fourth-order valence-electron chi connectivity index (χ4n) is 4.22. The summed E-state index contributed by atoms with van der Waals surface area (Å²) in [7, 11) is 0. The van der Waals surface area contributed by atoms with Gasteiger partial charge in [-0.1, -0.05) is 18.2 Å². The molecule has 0 saturated carbocycles. The molecule has 4 rings (SSSR count). The first kappa shape index (κ1) is 21.1. The van der Waals surface area contributed by atoms with Crippen LogP contribution in [0.5, 0.6) is 5.75 Å². The van der Waals surface area contributed by atoms with Crippen molar-refractivity contribution in [3.63, 3.8) is 0 Å². The first-order valence-electron chi connectivity index (χ1n) is 10.5. The Bertz CT molecular complexity index is 1020. The number of imide groups is 1. The van der Waals surface area contributed by atoms with E-state index in [9.17, 15) is 19.1 Å². The van der Waals surface area contributed by atoms with Crippen LogP contribution in [0.15, 0.2) is 54.2 Å². The molecule has 2 heterocycles. The van der Waals surface area contributed by atoms with Crippen LogP contribution >= 0.6 is 0 Å². The average Bonchev–Trinajstić information content (AvgIpc) is 3.04. The lowest BCUT2D eigenvalue weighted by Gasteiger charge is -2.34. The monoisotopic (exact) mass is 424 g/mol. The molecule has 1 atom stereocenters. The highest BCUT2D eigenvalue weighted by Crippen LogP contribution is 2.37. The molecule has 1 fully saturated rings. The summed E-state index contributed by atoms with van der Waals surface area (Å²) in [4.78, 5) is 29.9. The highest BCUT2D eigenvalue weighted by atomic mass is 19.1. The van der Waals surface area contributed by atoms with Crippen molar-refractivity contribution in [1.29, 1.82) is 0 Å². The van der Waals surface area contributed by atoms with E-state index in [2.05, 4.69) is 0 Å². The molecule has 2 amide bonds. The van der Waals surface area contributed by atoms with Gasteiger partial charge < -0.3 is 14.7 Å². The van der Waals surface area contributed by atoms with E-state index in [1.807, 2.05) is 11.8 Å². The number of ether oxygens (including phenoxy) is 1. The molecule has 2 aliphatic rings. The highest BCUT2D eigenvalue weighted by molar-refractivity contribution is 6.45. The Balaban J connectivity index is 1.79. The normalized spacial score (nSPS) is 19.4. The van der Waals surface area contributed by atoms with E-state index >= 15 is 0 Å². The molecule has 1 unspecified atom stereocenters. The molecular formula is C24H25FN2O4. The molecule has 0 aromatic heterocycles. The minimum absolute atomic E-state index is 0.0257. The van der Waals surface area contributed by atoms with E-state index < -0.39 is 17.6 Å². The van der Waals surface area contributed by atoms with Crippen molar-refractivity contribution in [3.05, 3.63) is 65.6 Å². The number of aliphatic hydroxyl groups is 1. The zero-order valence-electron chi connectivity index (χ0n) is 17.4. The summed E-state index contributed by atoms with van der Waals surface area (Å²) >= 11 is 0. The Morgan fingerprint density at radius 1 is 1.13 bits per heavy atom. The van der Waals surface area contributed by atoms with Gasteiger partial charge in [-0.05, 0) is 61.6 Å². The van der Waals surface area contributed by atoms with Gasteiger partial charge in [0.25, 0.3) is 11.8 Å². The van der Waals surface area contributed by atoms with E-state index in [0.29, 0.717) is 36.7 Å². The molecular weight excluding hydrogens is 399 g/mol. The van der Waals surface area contributed by atoms with Gasteiger partial charge >= 0.3 is 0 Å². The number of benzene rings is 2. The summed E-state index contributed by atoms with van der Waals surface area (Å²) in [5, 5.41) is 9.63. The van der Waals surface area contributed by atoms with Crippen molar-refractivity contribution >= 4 is 23.1 Å². The number of likely N-dealkylation sites (tertiary alicyclic amines) is 1. The Morgan fingerprint density at radius 3 is 2.58 bits per heavy atom. The molecule has 31 heavy (non-hydrogen) atoms. The van der Waals surface area contributed by atoms with Crippen LogP contribution in [-0.4, -0.2) is 48.1 Å². The van der Waals surface area contributed by atoms with Gasteiger partial charge in [-0.2, -0.15) is 0 Å². The lowest BCUT2D eigenvalue weighted by Crippen LogP contribution is -2.40. The molecule has 7 heteroatoms. The van der Waals surface area contributed by atoms with Gasteiger partial charge in [0, 0.05) is 19.7 Å². The molecule has 0 spiro atoms. The van der Waals surface area contributed by atoms with Crippen LogP contribution in [0.4, 0.5) is 10.1 Å². The van der Waals surface area contributed by atoms with Crippen LogP contribution in [0, 0.1) is 11.7 Å². The van der Waals surface area contributed by atoms with Crippen molar-refractivity contribution in [1.82, 2.24) is 4.90 Å². The number of hydrogen-bond donors (Lipinski definition) is 1. The second-order valence-corrected chi connectivity index (χ2v) is 7.74. The Kier molecular flexibility index (Phi) is 6.04. The summed E-state index contributed by atoms with van der Waals surface area (Å²) in [6.45, 7) is 3.54. The number of halogens is 1. The third kappa shape index (κ3) is 4.05. The van der Waals surface area contributed by atoms with Gasteiger partial charge in [0.1, 0.15) is 17.3 Å². The first-order valence-corrected chi connectivity index (χ1v) is 10.5. The Labute approximate surface area is 180 Å². The zero-order chi connectivity index (χ0) is 22.0. The maximum atomic E-state index is 13.8. The lowest BCUT2D eigenvalue weighted by atomic mass is 9.97. The molecule has 0 radical (unpaired) electrons. The van der Waals surface area contributed by atoms with Gasteiger partial charge in [0.2, 0.25) is 0 Å². The molecule has 1 N–H and O–H groups in total. The minimum Gasteiger partial charge on any atom is -0.494 e. The Hall–Kier alpha value is -3.19. The predicted octanol–water partition coefficient (Wildman–Crippen LogP) is 3.21. The van der Waals surface area contributed by atoms with Crippen LogP contribution in [0.25, 0.3) is 5.57 Å². The van der Waals surface area contributed by atoms with E-state index in [1.54, 1.807) is 30.3 Å². The number of rotatable bonds is 6. The van der Waals surface area contributed by atoms with Crippen LogP contribution in [0.2, 0.25) is 0 Å². The second kappa shape index (κ2) is 8.89. The van der Waals surface area contributed by atoms with Crippen molar-refractivity contribution in [2.45, 2.75) is 19.8 Å². The SMILES string of the molecule is CCOc1ccc(C2=C(N3CCCC(CO)C3)C(=O)N(c3cccc(F)c3)C2=O)cc1. The predicted molar refractivity (Wildman–Crippen MR) is 115 cm³/mol. The topological polar surface area (TPSA) is 70.1 Å². The van der Waals surface area contributed by atoms with Crippen LogP contribution in [0.3, 0.4) is 0 Å². The third-order valence-corrected chi connectivity index (χ3v) is 5.67. The van der Waals surface area contributed by atoms with E-state index in [0.717, 1.165) is 17.7 Å². The van der Waals surface area contributed by atoms with Gasteiger partial charge in [0.05, 0.1) is 17.9 Å². The number of nitrogens with zero attached hydrogens (tertiary/aromatic N) is 2. The zero-order valence-corrected chi connectivity index (χ0v) is 17.4. The number of anilines is 1. The van der Waals surface area contributed by atoms with Crippen LogP contribution in [0.1, 0.15) is 25.3 Å². The Morgan fingerprint density at radius 2 is 1.90 bits per heavy atom. The third-order valence-electron chi connectivity index (χ3n) is 5.67. The molecule has 0 bridgehead atoms. The van der Waals surface area contributed by atoms with Gasteiger partial charge in [-0.15, -0.1) is 0 Å². The maximum absolute atomic E-state index is 13.8. The summed E-state index contributed by atoms with van der Waals surface area (Å²) in [6, 6.07) is 12.5. The van der Waals surface area contributed by atoms with Crippen molar-refractivity contribution < 1.29 is 23.8 Å². The molecule has 2 aliphatic heterocycles. The maximum Gasteiger partial charge on any atom is 0.282 e. The number of carbonyl (C=O) groups is 2.